The Balaban J connectivity index is 1.34. The number of anilines is 1. The van der Waals surface area contributed by atoms with Crippen LogP contribution in [0.15, 0.2) is 53.7 Å². The molecule has 0 fully saturated rings. The van der Waals surface area contributed by atoms with Crippen molar-refractivity contribution in [3.05, 3.63) is 59.9 Å². The molecular weight excluding hydrogens is 460 g/mol. The van der Waals surface area contributed by atoms with Crippen molar-refractivity contribution in [2.75, 3.05) is 18.2 Å². The molecule has 0 saturated heterocycles. The largest absolute Gasteiger partial charge is 0.497 e. The van der Waals surface area contributed by atoms with Gasteiger partial charge in [-0.3, -0.25) is 9.59 Å². The van der Waals surface area contributed by atoms with E-state index in [4.69, 9.17) is 4.74 Å². The third-order valence-electron chi connectivity index (χ3n) is 4.81. The Morgan fingerprint density at radius 2 is 1.97 bits per heavy atom. The van der Waals surface area contributed by atoms with E-state index in [2.05, 4.69) is 25.8 Å². The summed E-state index contributed by atoms with van der Waals surface area (Å²) >= 11 is 2.65. The topological polar surface area (TPSA) is 111 Å². The van der Waals surface area contributed by atoms with Gasteiger partial charge in [0.15, 0.2) is 16.1 Å². The van der Waals surface area contributed by atoms with E-state index in [1.165, 1.54) is 23.1 Å². The Morgan fingerprint density at radius 3 is 2.73 bits per heavy atom. The third-order valence-corrected chi connectivity index (χ3v) is 6.77. The first kappa shape index (κ1) is 22.7. The molecule has 170 valence electrons. The van der Waals surface area contributed by atoms with Crippen molar-refractivity contribution in [3.8, 4) is 5.75 Å². The smallest absolute Gasteiger partial charge is 0.251 e. The second-order valence-electron chi connectivity index (χ2n) is 7.15. The van der Waals surface area contributed by atoms with E-state index in [1.807, 2.05) is 50.4 Å². The van der Waals surface area contributed by atoms with Gasteiger partial charge in [-0.25, -0.2) is 4.98 Å². The normalized spacial score (nSPS) is 11.8. The van der Waals surface area contributed by atoms with Crippen LogP contribution in [-0.2, 0) is 11.8 Å². The summed E-state index contributed by atoms with van der Waals surface area (Å²) in [5.41, 5.74) is 1.37. The van der Waals surface area contributed by atoms with Crippen LogP contribution in [0.1, 0.15) is 29.1 Å². The maximum absolute atomic E-state index is 12.4. The van der Waals surface area contributed by atoms with Crippen molar-refractivity contribution >= 4 is 50.3 Å². The summed E-state index contributed by atoms with van der Waals surface area (Å²) < 4.78 is 7.93. The predicted molar refractivity (Wildman–Crippen MR) is 129 cm³/mol. The Labute approximate surface area is 198 Å². The fourth-order valence-electron chi connectivity index (χ4n) is 3.13. The molecule has 2 heterocycles. The van der Waals surface area contributed by atoms with Crippen molar-refractivity contribution in [1.82, 2.24) is 25.1 Å². The molecule has 33 heavy (non-hydrogen) atoms. The number of rotatable bonds is 8. The first-order valence-electron chi connectivity index (χ1n) is 10.1. The lowest BCUT2D eigenvalue weighted by Gasteiger charge is -2.13. The quantitative estimate of drug-likeness (QED) is 0.369. The highest BCUT2D eigenvalue weighted by Crippen LogP contribution is 2.29. The van der Waals surface area contributed by atoms with E-state index < -0.39 is 0 Å². The van der Waals surface area contributed by atoms with Crippen molar-refractivity contribution in [1.29, 1.82) is 0 Å². The van der Waals surface area contributed by atoms with Crippen LogP contribution >= 0.6 is 23.1 Å². The highest BCUT2D eigenvalue weighted by atomic mass is 32.2. The number of thiazole rings is 1. The van der Waals surface area contributed by atoms with Crippen LogP contribution in [0.3, 0.4) is 0 Å². The lowest BCUT2D eigenvalue weighted by molar-refractivity contribution is -0.113. The molecule has 0 radical (unpaired) electrons. The fraction of sp³-hybridized carbons (Fsp3) is 0.227. The second kappa shape index (κ2) is 10.0. The van der Waals surface area contributed by atoms with E-state index in [9.17, 15) is 9.59 Å². The van der Waals surface area contributed by atoms with E-state index >= 15 is 0 Å². The van der Waals surface area contributed by atoms with E-state index in [0.717, 1.165) is 16.0 Å². The zero-order valence-corrected chi connectivity index (χ0v) is 19.9. The van der Waals surface area contributed by atoms with Crippen LogP contribution in [0.2, 0.25) is 0 Å². The standard InChI is InChI=1S/C22H22N6O3S2/c1-13(23-20(30)14-7-5-4-6-8-14)19-26-27-22(28(19)2)32-12-18(29)25-21-24-16-10-9-15(31-3)11-17(16)33-21/h4-11,13H,12H2,1-3H3,(H,23,30)(H,24,25,29). The minimum absolute atomic E-state index is 0.149. The molecule has 0 bridgehead atoms. The molecular formula is C22H22N6O3S2. The number of hydrogen-bond acceptors (Lipinski definition) is 8. The summed E-state index contributed by atoms with van der Waals surface area (Å²) in [6.45, 7) is 1.84. The molecule has 0 aliphatic rings. The molecule has 0 aliphatic heterocycles. The maximum atomic E-state index is 12.4. The average molecular weight is 483 g/mol. The number of carbonyl (C=O) groups is 2. The number of fused-ring (bicyclic) bond motifs is 1. The third kappa shape index (κ3) is 5.32. The van der Waals surface area contributed by atoms with Gasteiger partial charge in [0.25, 0.3) is 5.91 Å². The molecule has 1 unspecified atom stereocenters. The van der Waals surface area contributed by atoms with Gasteiger partial charge in [-0.05, 0) is 37.3 Å². The molecule has 0 saturated carbocycles. The summed E-state index contributed by atoms with van der Waals surface area (Å²) in [4.78, 5) is 29.3. The van der Waals surface area contributed by atoms with Crippen LogP contribution < -0.4 is 15.4 Å². The van der Waals surface area contributed by atoms with Crippen LogP contribution in [0.5, 0.6) is 5.75 Å². The first-order chi connectivity index (χ1) is 15.9. The number of ether oxygens (including phenoxy) is 1. The molecule has 9 nitrogen and oxygen atoms in total. The summed E-state index contributed by atoms with van der Waals surface area (Å²) in [7, 11) is 3.42. The molecule has 4 rings (SSSR count). The lowest BCUT2D eigenvalue weighted by Crippen LogP contribution is -2.28. The summed E-state index contributed by atoms with van der Waals surface area (Å²) in [5.74, 6) is 1.11. The number of nitrogens with zero attached hydrogens (tertiary/aromatic N) is 4. The SMILES string of the molecule is COc1ccc2nc(NC(=O)CSc3nnc(C(C)NC(=O)c4ccccc4)n3C)sc2c1. The number of nitrogens with one attached hydrogen (secondary N) is 2. The van der Waals surface area contributed by atoms with E-state index in [0.29, 0.717) is 21.7 Å². The number of thioether (sulfide) groups is 1. The minimum atomic E-state index is -0.349. The number of methoxy groups -OCH3 is 1. The molecule has 2 aromatic carbocycles. The van der Waals surface area contributed by atoms with Gasteiger partial charge in [-0.2, -0.15) is 0 Å². The summed E-state index contributed by atoms with van der Waals surface area (Å²) in [6.07, 6.45) is 0. The van der Waals surface area contributed by atoms with Gasteiger partial charge in [0.1, 0.15) is 5.75 Å². The van der Waals surface area contributed by atoms with Gasteiger partial charge < -0.3 is 19.9 Å². The van der Waals surface area contributed by atoms with Crippen molar-refractivity contribution in [2.45, 2.75) is 18.1 Å². The summed E-state index contributed by atoms with van der Waals surface area (Å²) in [5, 5.41) is 15.2. The lowest BCUT2D eigenvalue weighted by atomic mass is 10.2. The predicted octanol–water partition coefficient (Wildman–Crippen LogP) is 3.66. The van der Waals surface area contributed by atoms with Gasteiger partial charge in [0.2, 0.25) is 5.91 Å². The van der Waals surface area contributed by atoms with Crippen LogP contribution in [0, 0.1) is 0 Å². The molecule has 0 aliphatic carbocycles. The number of hydrogen-bond donors (Lipinski definition) is 2. The number of benzene rings is 2. The van der Waals surface area contributed by atoms with Crippen LogP contribution in [0.25, 0.3) is 10.2 Å². The van der Waals surface area contributed by atoms with E-state index in [-0.39, 0.29) is 23.6 Å². The molecule has 2 N–H and O–H groups in total. The molecule has 11 heteroatoms. The Hall–Kier alpha value is -3.44. The van der Waals surface area contributed by atoms with Gasteiger partial charge >= 0.3 is 0 Å². The van der Waals surface area contributed by atoms with Gasteiger partial charge in [0.05, 0.1) is 29.1 Å². The molecule has 2 amide bonds. The number of amides is 2. The number of carbonyl (C=O) groups excluding carboxylic acids is 2. The van der Waals surface area contributed by atoms with Gasteiger partial charge in [-0.1, -0.05) is 41.3 Å². The van der Waals surface area contributed by atoms with Gasteiger partial charge in [-0.15, -0.1) is 10.2 Å². The second-order valence-corrected chi connectivity index (χ2v) is 9.12. The van der Waals surface area contributed by atoms with Crippen molar-refractivity contribution in [3.63, 3.8) is 0 Å². The van der Waals surface area contributed by atoms with Crippen LogP contribution in [0.4, 0.5) is 5.13 Å². The van der Waals surface area contributed by atoms with Crippen LogP contribution in [-0.4, -0.2) is 44.4 Å². The number of aromatic nitrogens is 4. The molecule has 0 spiro atoms. The molecule has 2 aromatic heterocycles. The van der Waals surface area contributed by atoms with Gasteiger partial charge in [0, 0.05) is 12.6 Å². The highest BCUT2D eigenvalue weighted by Gasteiger charge is 2.19. The molecule has 1 atom stereocenters. The average Bonchev–Trinajstić information content (AvgIpc) is 3.39. The minimum Gasteiger partial charge on any atom is -0.497 e. The first-order valence-corrected chi connectivity index (χ1v) is 11.9. The zero-order chi connectivity index (χ0) is 23.4. The van der Waals surface area contributed by atoms with E-state index in [1.54, 1.807) is 23.8 Å². The monoisotopic (exact) mass is 482 g/mol. The summed E-state index contributed by atoms with van der Waals surface area (Å²) in [6, 6.07) is 14.2. The highest BCUT2D eigenvalue weighted by molar-refractivity contribution is 7.99. The zero-order valence-electron chi connectivity index (χ0n) is 18.2. The maximum Gasteiger partial charge on any atom is 0.251 e. The Bertz CT molecular complexity index is 1290. The van der Waals surface area contributed by atoms with Crippen molar-refractivity contribution < 1.29 is 14.3 Å². The fourth-order valence-corrected chi connectivity index (χ4v) is 4.76. The Kier molecular flexibility index (Phi) is 6.90. The molecule has 4 aromatic rings. The Morgan fingerprint density at radius 1 is 1.18 bits per heavy atom. The van der Waals surface area contributed by atoms with Crippen molar-refractivity contribution in [2.24, 2.45) is 7.05 Å².